The van der Waals surface area contributed by atoms with Gasteiger partial charge in [0.25, 0.3) is 11.8 Å². The van der Waals surface area contributed by atoms with Crippen molar-refractivity contribution in [1.82, 2.24) is 20.4 Å². The maximum absolute atomic E-state index is 13.0. The van der Waals surface area contributed by atoms with E-state index in [9.17, 15) is 23.6 Å². The fourth-order valence-corrected chi connectivity index (χ4v) is 3.25. The Bertz CT molecular complexity index is 780. The highest BCUT2D eigenvalue weighted by Gasteiger charge is 2.44. The number of imide groups is 1. The molecule has 27 heavy (non-hydrogen) atoms. The van der Waals surface area contributed by atoms with E-state index in [4.69, 9.17) is 0 Å². The van der Waals surface area contributed by atoms with Gasteiger partial charge >= 0.3 is 6.03 Å². The molecule has 0 saturated carbocycles. The van der Waals surface area contributed by atoms with Gasteiger partial charge in [-0.2, -0.15) is 0 Å². The standard InChI is InChI=1S/C18H21FN4O4/c1-10(2)14(20-15(24)11-3-5-12(19)6-4-11)17(26)22-7-8-23-13(9-22)16(25)21-18(23)27/h3-6,10,13-14H,7-9H2,1-2H3,(H,20,24)(H,21,25,27)/t13-,14-/m0/s1. The third kappa shape index (κ3) is 3.76. The Hall–Kier alpha value is -2.97. The Labute approximate surface area is 155 Å². The molecule has 5 amide bonds. The van der Waals surface area contributed by atoms with Crippen LogP contribution in [0.25, 0.3) is 0 Å². The van der Waals surface area contributed by atoms with Gasteiger partial charge in [0.15, 0.2) is 0 Å². The molecule has 3 rings (SSSR count). The fraction of sp³-hybridized carbons (Fsp3) is 0.444. The summed E-state index contributed by atoms with van der Waals surface area (Å²) in [6, 6.07) is 3.11. The van der Waals surface area contributed by atoms with Gasteiger partial charge in [-0.05, 0) is 30.2 Å². The van der Waals surface area contributed by atoms with Crippen molar-refractivity contribution >= 4 is 23.8 Å². The third-order valence-electron chi connectivity index (χ3n) is 4.81. The van der Waals surface area contributed by atoms with Crippen molar-refractivity contribution in [1.29, 1.82) is 0 Å². The monoisotopic (exact) mass is 376 g/mol. The van der Waals surface area contributed by atoms with Crippen LogP contribution in [0.3, 0.4) is 0 Å². The molecule has 0 radical (unpaired) electrons. The second-order valence-electron chi connectivity index (χ2n) is 6.99. The van der Waals surface area contributed by atoms with E-state index >= 15 is 0 Å². The number of nitrogens with zero attached hydrogens (tertiary/aromatic N) is 2. The lowest BCUT2D eigenvalue weighted by atomic mass is 10.0. The highest BCUT2D eigenvalue weighted by atomic mass is 19.1. The van der Waals surface area contributed by atoms with E-state index in [-0.39, 0.29) is 37.0 Å². The van der Waals surface area contributed by atoms with E-state index in [0.717, 1.165) is 0 Å². The normalized spacial score (nSPS) is 20.4. The predicted molar refractivity (Wildman–Crippen MR) is 93.1 cm³/mol. The molecule has 0 spiro atoms. The average molecular weight is 376 g/mol. The lowest BCUT2D eigenvalue weighted by molar-refractivity contribution is -0.137. The molecule has 2 N–H and O–H groups in total. The van der Waals surface area contributed by atoms with Crippen molar-refractivity contribution < 1.29 is 23.6 Å². The maximum Gasteiger partial charge on any atom is 0.324 e. The molecule has 2 aliphatic rings. The number of fused-ring (bicyclic) bond motifs is 1. The average Bonchev–Trinajstić information content (AvgIpc) is 2.93. The second kappa shape index (κ2) is 7.34. The molecule has 0 aliphatic carbocycles. The van der Waals surface area contributed by atoms with Gasteiger partial charge in [0, 0.05) is 18.7 Å². The molecular weight excluding hydrogens is 355 g/mol. The minimum atomic E-state index is -0.797. The van der Waals surface area contributed by atoms with Gasteiger partial charge < -0.3 is 15.1 Å². The zero-order valence-corrected chi connectivity index (χ0v) is 15.1. The van der Waals surface area contributed by atoms with Gasteiger partial charge in [-0.15, -0.1) is 0 Å². The molecule has 1 aromatic carbocycles. The number of nitrogens with one attached hydrogen (secondary N) is 2. The lowest BCUT2D eigenvalue weighted by Gasteiger charge is -2.37. The summed E-state index contributed by atoms with van der Waals surface area (Å²) in [5.41, 5.74) is 0.250. The van der Waals surface area contributed by atoms with Crippen LogP contribution in [0.2, 0.25) is 0 Å². The SMILES string of the molecule is CC(C)[C@H](NC(=O)c1ccc(F)cc1)C(=O)N1CCN2C(=O)NC(=O)[C@@H]2C1. The number of piperazine rings is 1. The van der Waals surface area contributed by atoms with Gasteiger partial charge in [0.2, 0.25) is 5.91 Å². The van der Waals surface area contributed by atoms with Gasteiger partial charge in [-0.1, -0.05) is 13.8 Å². The Kier molecular flexibility index (Phi) is 5.11. The zero-order valence-electron chi connectivity index (χ0n) is 15.1. The van der Waals surface area contributed by atoms with Gasteiger partial charge in [-0.25, -0.2) is 9.18 Å². The van der Waals surface area contributed by atoms with Gasteiger partial charge in [0.05, 0.1) is 6.54 Å². The molecule has 9 heteroatoms. The molecule has 0 bridgehead atoms. The van der Waals surface area contributed by atoms with Crippen molar-refractivity contribution in [2.45, 2.75) is 25.9 Å². The minimum Gasteiger partial charge on any atom is -0.340 e. The molecule has 1 aromatic rings. The number of benzene rings is 1. The summed E-state index contributed by atoms with van der Waals surface area (Å²) < 4.78 is 13.0. The topological polar surface area (TPSA) is 98.8 Å². The first-order chi connectivity index (χ1) is 12.8. The summed E-state index contributed by atoms with van der Waals surface area (Å²) >= 11 is 0. The Morgan fingerprint density at radius 2 is 1.85 bits per heavy atom. The quantitative estimate of drug-likeness (QED) is 0.741. The maximum atomic E-state index is 13.0. The first-order valence-electron chi connectivity index (χ1n) is 8.74. The molecule has 2 saturated heterocycles. The number of carbonyl (C=O) groups is 4. The molecule has 144 valence electrons. The number of rotatable bonds is 4. The summed E-state index contributed by atoms with van der Waals surface area (Å²) in [7, 11) is 0. The Morgan fingerprint density at radius 3 is 2.48 bits per heavy atom. The number of hydrogen-bond donors (Lipinski definition) is 2. The van der Waals surface area contributed by atoms with E-state index in [1.807, 2.05) is 0 Å². The van der Waals surface area contributed by atoms with E-state index in [0.29, 0.717) is 0 Å². The molecular formula is C18H21FN4O4. The highest BCUT2D eigenvalue weighted by Crippen LogP contribution is 2.18. The van der Waals surface area contributed by atoms with Gasteiger partial charge in [-0.3, -0.25) is 19.7 Å². The molecule has 2 heterocycles. The van der Waals surface area contributed by atoms with Crippen LogP contribution in [-0.4, -0.2) is 65.3 Å². The Morgan fingerprint density at radius 1 is 1.19 bits per heavy atom. The number of urea groups is 1. The van der Waals surface area contributed by atoms with Crippen molar-refractivity contribution in [3.8, 4) is 0 Å². The van der Waals surface area contributed by atoms with Crippen molar-refractivity contribution in [2.75, 3.05) is 19.6 Å². The molecule has 2 fully saturated rings. The van der Waals surface area contributed by atoms with E-state index in [1.165, 1.54) is 34.1 Å². The van der Waals surface area contributed by atoms with Crippen LogP contribution in [0.5, 0.6) is 0 Å². The molecule has 0 aromatic heterocycles. The van der Waals surface area contributed by atoms with Crippen LogP contribution in [0.4, 0.5) is 9.18 Å². The highest BCUT2D eigenvalue weighted by molar-refractivity contribution is 6.05. The van der Waals surface area contributed by atoms with Crippen molar-refractivity contribution in [3.05, 3.63) is 35.6 Å². The van der Waals surface area contributed by atoms with E-state index < -0.39 is 35.7 Å². The number of carbonyl (C=O) groups excluding carboxylic acids is 4. The summed E-state index contributed by atoms with van der Waals surface area (Å²) in [4.78, 5) is 51.8. The smallest absolute Gasteiger partial charge is 0.324 e. The summed E-state index contributed by atoms with van der Waals surface area (Å²) in [5, 5.41) is 4.93. The van der Waals surface area contributed by atoms with Crippen LogP contribution >= 0.6 is 0 Å². The van der Waals surface area contributed by atoms with Gasteiger partial charge in [0.1, 0.15) is 17.9 Å². The third-order valence-corrected chi connectivity index (χ3v) is 4.81. The lowest BCUT2D eigenvalue weighted by Crippen LogP contribution is -2.59. The molecule has 2 aliphatic heterocycles. The van der Waals surface area contributed by atoms with Crippen LogP contribution < -0.4 is 10.6 Å². The molecule has 8 nitrogen and oxygen atoms in total. The molecule has 0 unspecified atom stereocenters. The Balaban J connectivity index is 1.70. The van der Waals surface area contributed by atoms with Crippen LogP contribution in [0, 0.1) is 11.7 Å². The van der Waals surface area contributed by atoms with Crippen LogP contribution in [0.1, 0.15) is 24.2 Å². The summed E-state index contributed by atoms with van der Waals surface area (Å²) in [5.74, 6) is -1.86. The van der Waals surface area contributed by atoms with Crippen molar-refractivity contribution in [3.63, 3.8) is 0 Å². The first kappa shape index (κ1) is 18.8. The second-order valence-corrected chi connectivity index (χ2v) is 6.99. The van der Waals surface area contributed by atoms with E-state index in [1.54, 1.807) is 13.8 Å². The minimum absolute atomic E-state index is 0.0893. The predicted octanol–water partition coefficient (Wildman–Crippen LogP) is 0.343. The largest absolute Gasteiger partial charge is 0.340 e. The van der Waals surface area contributed by atoms with Crippen molar-refractivity contribution in [2.24, 2.45) is 5.92 Å². The van der Waals surface area contributed by atoms with E-state index in [2.05, 4.69) is 10.6 Å². The molecule has 2 atom stereocenters. The summed E-state index contributed by atoms with van der Waals surface area (Å²) in [6.07, 6.45) is 0. The number of amides is 5. The zero-order chi connectivity index (χ0) is 19.7. The first-order valence-corrected chi connectivity index (χ1v) is 8.74. The number of hydrogen-bond acceptors (Lipinski definition) is 4. The van der Waals surface area contributed by atoms with Crippen LogP contribution in [0.15, 0.2) is 24.3 Å². The number of halogens is 1. The van der Waals surface area contributed by atoms with Crippen LogP contribution in [-0.2, 0) is 9.59 Å². The summed E-state index contributed by atoms with van der Waals surface area (Å²) in [6.45, 7) is 4.23. The fourth-order valence-electron chi connectivity index (χ4n) is 3.25.